The van der Waals surface area contributed by atoms with Gasteiger partial charge in [0.25, 0.3) is 0 Å². The van der Waals surface area contributed by atoms with E-state index in [2.05, 4.69) is 6.66 Å². The molecule has 0 bridgehead atoms. The van der Waals surface area contributed by atoms with Crippen LogP contribution in [0.2, 0.25) is 0 Å². The SMILES string of the molecule is Cc1ccc(O)c(P(C)c2cc(C)ccc2O)c1. The van der Waals surface area contributed by atoms with Crippen LogP contribution in [-0.2, 0) is 0 Å². The summed E-state index contributed by atoms with van der Waals surface area (Å²) in [6.07, 6.45) is 0. The minimum Gasteiger partial charge on any atom is -0.507 e. The quantitative estimate of drug-likeness (QED) is 0.815. The third-order valence-electron chi connectivity index (χ3n) is 2.98. The van der Waals surface area contributed by atoms with E-state index in [4.69, 9.17) is 0 Å². The average molecular weight is 260 g/mol. The fourth-order valence-corrected chi connectivity index (χ4v) is 3.82. The highest BCUT2D eigenvalue weighted by atomic mass is 31.1. The van der Waals surface area contributed by atoms with Gasteiger partial charge in [-0.05, 0) is 52.7 Å². The highest BCUT2D eigenvalue weighted by Crippen LogP contribution is 2.36. The van der Waals surface area contributed by atoms with Crippen molar-refractivity contribution in [1.29, 1.82) is 0 Å². The lowest BCUT2D eigenvalue weighted by molar-refractivity contribution is 0.479. The molecule has 2 rings (SSSR count). The van der Waals surface area contributed by atoms with Crippen molar-refractivity contribution >= 4 is 18.5 Å². The van der Waals surface area contributed by atoms with Crippen molar-refractivity contribution in [3.63, 3.8) is 0 Å². The normalized spacial score (nSPS) is 10.9. The molecular formula is C15H17O2P. The monoisotopic (exact) mass is 260 g/mol. The maximum atomic E-state index is 9.96. The van der Waals surface area contributed by atoms with Crippen LogP contribution in [0.25, 0.3) is 0 Å². The molecule has 0 aliphatic heterocycles. The second-order valence-electron chi connectivity index (χ2n) is 4.54. The predicted octanol–water partition coefficient (Wildman–Crippen LogP) is 2.78. The van der Waals surface area contributed by atoms with Crippen molar-refractivity contribution in [2.75, 3.05) is 6.66 Å². The molecule has 0 radical (unpaired) electrons. The fraction of sp³-hybridized carbons (Fsp3) is 0.200. The summed E-state index contributed by atoms with van der Waals surface area (Å²) in [6, 6.07) is 11.2. The highest BCUT2D eigenvalue weighted by molar-refractivity contribution is 7.72. The number of phenols is 2. The minimum absolute atomic E-state index is 0.301. The Morgan fingerprint density at radius 2 is 1.17 bits per heavy atom. The summed E-state index contributed by atoms with van der Waals surface area (Å²) in [7, 11) is -0.745. The van der Waals surface area contributed by atoms with Crippen LogP contribution >= 0.6 is 7.92 Å². The topological polar surface area (TPSA) is 40.5 Å². The summed E-state index contributed by atoms with van der Waals surface area (Å²) in [4.78, 5) is 0. The summed E-state index contributed by atoms with van der Waals surface area (Å²) in [5.41, 5.74) is 2.23. The molecule has 0 spiro atoms. The van der Waals surface area contributed by atoms with Crippen LogP contribution in [0.3, 0.4) is 0 Å². The zero-order chi connectivity index (χ0) is 13.3. The van der Waals surface area contributed by atoms with E-state index in [1.165, 1.54) is 0 Å². The number of aromatic hydroxyl groups is 2. The van der Waals surface area contributed by atoms with E-state index < -0.39 is 7.92 Å². The molecule has 0 aromatic heterocycles. The van der Waals surface area contributed by atoms with E-state index in [9.17, 15) is 10.2 Å². The Balaban J connectivity index is 2.50. The Hall–Kier alpha value is -1.53. The van der Waals surface area contributed by atoms with Gasteiger partial charge in [0.1, 0.15) is 11.5 Å². The van der Waals surface area contributed by atoms with Crippen molar-refractivity contribution in [3.05, 3.63) is 47.5 Å². The molecule has 0 fully saturated rings. The van der Waals surface area contributed by atoms with Crippen molar-refractivity contribution in [2.24, 2.45) is 0 Å². The number of hydrogen-bond donors (Lipinski definition) is 2. The van der Waals surface area contributed by atoms with Gasteiger partial charge in [-0.15, -0.1) is 0 Å². The number of aryl methyl sites for hydroxylation is 2. The van der Waals surface area contributed by atoms with Gasteiger partial charge in [-0.2, -0.15) is 0 Å². The van der Waals surface area contributed by atoms with Crippen LogP contribution in [0.1, 0.15) is 11.1 Å². The number of benzene rings is 2. The molecule has 3 heteroatoms. The van der Waals surface area contributed by atoms with Crippen LogP contribution in [-0.4, -0.2) is 16.9 Å². The molecule has 0 atom stereocenters. The van der Waals surface area contributed by atoms with Gasteiger partial charge in [0, 0.05) is 10.6 Å². The second kappa shape index (κ2) is 4.99. The zero-order valence-corrected chi connectivity index (χ0v) is 11.7. The van der Waals surface area contributed by atoms with E-state index in [1.807, 2.05) is 38.1 Å². The van der Waals surface area contributed by atoms with Crippen LogP contribution in [0, 0.1) is 13.8 Å². The molecule has 2 N–H and O–H groups in total. The molecule has 94 valence electrons. The van der Waals surface area contributed by atoms with Crippen LogP contribution in [0.15, 0.2) is 36.4 Å². The van der Waals surface area contributed by atoms with Gasteiger partial charge < -0.3 is 10.2 Å². The minimum atomic E-state index is -0.745. The molecule has 0 heterocycles. The van der Waals surface area contributed by atoms with Crippen LogP contribution in [0.5, 0.6) is 11.5 Å². The second-order valence-corrected chi connectivity index (χ2v) is 6.62. The lowest BCUT2D eigenvalue weighted by atomic mass is 10.2. The van der Waals surface area contributed by atoms with E-state index >= 15 is 0 Å². The molecule has 2 nitrogen and oxygen atoms in total. The maximum Gasteiger partial charge on any atom is 0.123 e. The summed E-state index contributed by atoms with van der Waals surface area (Å²) < 4.78 is 0. The standard InChI is InChI=1S/C15H17O2P/c1-10-4-6-12(16)14(8-10)18(3)15-9-11(2)5-7-13(15)17/h4-9,16-17H,1-3H3. The Bertz CT molecular complexity index is 527. The van der Waals surface area contributed by atoms with E-state index in [0.717, 1.165) is 21.7 Å². The van der Waals surface area contributed by atoms with Crippen molar-refractivity contribution in [2.45, 2.75) is 13.8 Å². The predicted molar refractivity (Wildman–Crippen MR) is 77.8 cm³/mol. The summed E-state index contributed by atoms with van der Waals surface area (Å²) in [5.74, 6) is 0.602. The number of hydrogen-bond acceptors (Lipinski definition) is 2. The van der Waals surface area contributed by atoms with Crippen LogP contribution < -0.4 is 10.6 Å². The fourth-order valence-electron chi connectivity index (χ4n) is 1.93. The summed E-state index contributed by atoms with van der Waals surface area (Å²) >= 11 is 0. The van der Waals surface area contributed by atoms with Gasteiger partial charge in [-0.1, -0.05) is 23.3 Å². The van der Waals surface area contributed by atoms with E-state index in [-0.39, 0.29) is 0 Å². The maximum absolute atomic E-state index is 9.96. The molecule has 0 aliphatic carbocycles. The molecule has 0 aliphatic rings. The molecule has 2 aromatic carbocycles. The van der Waals surface area contributed by atoms with Crippen molar-refractivity contribution in [1.82, 2.24) is 0 Å². The third-order valence-corrected chi connectivity index (χ3v) is 5.15. The molecule has 2 aromatic rings. The lowest BCUT2D eigenvalue weighted by Gasteiger charge is -2.17. The molecular weight excluding hydrogens is 243 g/mol. The molecule has 0 saturated heterocycles. The van der Waals surface area contributed by atoms with Gasteiger partial charge in [-0.25, -0.2) is 0 Å². The first-order valence-corrected chi connectivity index (χ1v) is 7.61. The van der Waals surface area contributed by atoms with E-state index in [1.54, 1.807) is 12.1 Å². The van der Waals surface area contributed by atoms with Gasteiger partial charge in [0.15, 0.2) is 0 Å². The molecule has 0 amide bonds. The van der Waals surface area contributed by atoms with Gasteiger partial charge in [0.05, 0.1) is 0 Å². The zero-order valence-electron chi connectivity index (χ0n) is 10.8. The van der Waals surface area contributed by atoms with Crippen molar-refractivity contribution in [3.8, 4) is 11.5 Å². The lowest BCUT2D eigenvalue weighted by Crippen LogP contribution is -2.12. The highest BCUT2D eigenvalue weighted by Gasteiger charge is 2.15. The average Bonchev–Trinajstić information content (AvgIpc) is 2.34. The molecule has 18 heavy (non-hydrogen) atoms. The van der Waals surface area contributed by atoms with E-state index in [0.29, 0.717) is 11.5 Å². The first-order valence-electron chi connectivity index (χ1n) is 5.82. The first-order chi connectivity index (χ1) is 8.49. The molecule has 0 saturated carbocycles. The van der Waals surface area contributed by atoms with Crippen molar-refractivity contribution < 1.29 is 10.2 Å². The van der Waals surface area contributed by atoms with Gasteiger partial charge >= 0.3 is 0 Å². The first kappa shape index (κ1) is 12.9. The van der Waals surface area contributed by atoms with Crippen LogP contribution in [0.4, 0.5) is 0 Å². The van der Waals surface area contributed by atoms with Gasteiger partial charge in [0.2, 0.25) is 0 Å². The number of rotatable bonds is 2. The largest absolute Gasteiger partial charge is 0.507 e. The smallest absolute Gasteiger partial charge is 0.123 e. The molecule has 0 unspecified atom stereocenters. The summed E-state index contributed by atoms with van der Waals surface area (Å²) in [5, 5.41) is 21.7. The Morgan fingerprint density at radius 1 is 0.778 bits per heavy atom. The Kier molecular flexibility index (Phi) is 3.58. The Morgan fingerprint density at radius 3 is 1.56 bits per heavy atom. The van der Waals surface area contributed by atoms with Gasteiger partial charge in [-0.3, -0.25) is 0 Å². The number of phenolic OH excluding ortho intramolecular Hbond substituents is 2. The summed E-state index contributed by atoms with van der Waals surface area (Å²) in [6.45, 7) is 6.06. The third kappa shape index (κ3) is 2.49. The Labute approximate surface area is 109 Å².